The molecule has 2 saturated heterocycles. The number of rotatable bonds is 5. The number of esters is 1. The van der Waals surface area contributed by atoms with Crippen molar-refractivity contribution < 1.29 is 33.3 Å². The Kier molecular flexibility index (Phi) is 6.06. The van der Waals surface area contributed by atoms with Crippen LogP contribution in [-0.4, -0.2) is 72.2 Å². The molecular weight excluding hydrogens is 485 g/mol. The molecule has 186 valence electrons. The van der Waals surface area contributed by atoms with Crippen molar-refractivity contribution in [2.75, 3.05) is 38.3 Å². The second kappa shape index (κ2) is 9.04. The van der Waals surface area contributed by atoms with E-state index in [9.17, 15) is 14.4 Å². The van der Waals surface area contributed by atoms with E-state index in [1.165, 1.54) is 19.4 Å². The number of nitrogens with zero attached hydrogens (tertiary/aromatic N) is 3. The molecule has 1 N–H and O–H groups in total. The molecular formula is C23H23ClFN3O7. The van der Waals surface area contributed by atoms with Gasteiger partial charge in [0, 0.05) is 38.0 Å². The van der Waals surface area contributed by atoms with E-state index in [0.29, 0.717) is 31.8 Å². The number of pyridine rings is 1. The summed E-state index contributed by atoms with van der Waals surface area (Å²) in [4.78, 5) is 39.2. The maximum absolute atomic E-state index is 15.5. The van der Waals surface area contributed by atoms with Crippen molar-refractivity contribution in [3.05, 3.63) is 45.6 Å². The Balaban J connectivity index is 1.55. The number of ether oxygens (including phenoxy) is 3. The van der Waals surface area contributed by atoms with Gasteiger partial charge < -0.3 is 33.7 Å². The molecule has 0 amide bonds. The quantitative estimate of drug-likeness (QED) is 0.482. The number of carboxylic acid groups (broad SMARTS) is 1. The third-order valence-corrected chi connectivity index (χ3v) is 6.91. The van der Waals surface area contributed by atoms with E-state index in [2.05, 4.69) is 9.47 Å². The number of morpholine rings is 1. The van der Waals surface area contributed by atoms with E-state index in [-0.39, 0.29) is 34.3 Å². The molecule has 2 atom stereocenters. The maximum Gasteiger partial charge on any atom is 0.511 e. The van der Waals surface area contributed by atoms with Gasteiger partial charge in [-0.2, -0.15) is 0 Å². The van der Waals surface area contributed by atoms with E-state index >= 15 is 4.39 Å². The van der Waals surface area contributed by atoms with Crippen LogP contribution in [0.1, 0.15) is 18.9 Å². The molecule has 1 aromatic heterocycles. The maximum atomic E-state index is 15.5. The first-order chi connectivity index (χ1) is 16.8. The van der Waals surface area contributed by atoms with Crippen LogP contribution >= 0.6 is 11.6 Å². The highest BCUT2D eigenvalue weighted by Gasteiger charge is 2.41. The molecule has 3 fully saturated rings. The van der Waals surface area contributed by atoms with Crippen LogP contribution in [0, 0.1) is 5.82 Å². The number of hydrogen-bond acceptors (Lipinski definition) is 8. The summed E-state index contributed by atoms with van der Waals surface area (Å²) in [6, 6.07) is 0.950. The second-order valence-electron chi connectivity index (χ2n) is 8.70. The number of halogens is 2. The zero-order chi connectivity index (χ0) is 24.9. The lowest BCUT2D eigenvalue weighted by Crippen LogP contribution is -2.48. The van der Waals surface area contributed by atoms with Crippen molar-refractivity contribution in [2.24, 2.45) is 0 Å². The smallest absolute Gasteiger partial charge is 0.466 e. The van der Waals surface area contributed by atoms with Gasteiger partial charge in [-0.1, -0.05) is 11.6 Å². The number of benzene rings is 1. The van der Waals surface area contributed by atoms with Crippen molar-refractivity contribution >= 4 is 40.3 Å². The minimum atomic E-state index is -1.63. The SMILES string of the molecule is COC(=O)C=CN1CCO[C@H]2CN(c3c(F)cc4c(=O)c(OC(=O)O)cn(C5CC5)c4c3Cl)C[C@H]21. The van der Waals surface area contributed by atoms with Crippen molar-refractivity contribution in [1.82, 2.24) is 9.47 Å². The Bertz CT molecular complexity index is 1290. The number of hydrogen-bond donors (Lipinski definition) is 1. The van der Waals surface area contributed by atoms with Gasteiger partial charge in [-0.15, -0.1) is 0 Å². The predicted molar refractivity (Wildman–Crippen MR) is 124 cm³/mol. The summed E-state index contributed by atoms with van der Waals surface area (Å²) in [5.74, 6) is -1.57. The second-order valence-corrected chi connectivity index (χ2v) is 9.08. The van der Waals surface area contributed by atoms with Crippen LogP contribution in [0.15, 0.2) is 29.3 Å². The van der Waals surface area contributed by atoms with Crippen LogP contribution < -0.4 is 15.1 Å². The van der Waals surface area contributed by atoms with Crippen LogP contribution in [-0.2, 0) is 14.3 Å². The molecule has 5 rings (SSSR count). The fraction of sp³-hybridized carbons (Fsp3) is 0.435. The molecule has 0 unspecified atom stereocenters. The van der Waals surface area contributed by atoms with Crippen LogP contribution in [0.25, 0.3) is 10.9 Å². The molecule has 2 aliphatic heterocycles. The lowest BCUT2D eigenvalue weighted by Gasteiger charge is -2.35. The normalized spacial score (nSPS) is 22.0. The standard InChI is InChI=1S/C23H23ClFN3O7/c1-33-18(29)4-5-26-6-7-34-16-10-27(9-15(16)26)21-14(25)8-13-20(19(21)24)28(12-2-3-12)11-17(22(13)30)35-23(31)32/h4-5,8,11-12,15-16H,2-3,6-7,9-10H2,1H3,(H,31,32)/t15-,16+/m1/s1. The summed E-state index contributed by atoms with van der Waals surface area (Å²) in [6.07, 6.45) is 4.08. The molecule has 2 aromatic rings. The van der Waals surface area contributed by atoms with Crippen LogP contribution in [0.4, 0.5) is 14.9 Å². The summed E-state index contributed by atoms with van der Waals surface area (Å²) in [5, 5.41) is 9.01. The van der Waals surface area contributed by atoms with E-state index in [4.69, 9.17) is 21.4 Å². The third-order valence-electron chi connectivity index (χ3n) is 6.55. The van der Waals surface area contributed by atoms with Gasteiger partial charge in [0.2, 0.25) is 5.43 Å². The molecule has 10 nitrogen and oxygen atoms in total. The van der Waals surface area contributed by atoms with Crippen molar-refractivity contribution in [2.45, 2.75) is 31.0 Å². The Morgan fingerprint density at radius 3 is 2.77 bits per heavy atom. The van der Waals surface area contributed by atoms with Crippen LogP contribution in [0.5, 0.6) is 5.75 Å². The van der Waals surface area contributed by atoms with Gasteiger partial charge >= 0.3 is 12.1 Å². The molecule has 0 spiro atoms. The minimum absolute atomic E-state index is 0.00787. The van der Waals surface area contributed by atoms with Crippen molar-refractivity contribution in [3.63, 3.8) is 0 Å². The highest BCUT2D eigenvalue weighted by molar-refractivity contribution is 6.38. The molecule has 35 heavy (non-hydrogen) atoms. The molecule has 0 bridgehead atoms. The zero-order valence-electron chi connectivity index (χ0n) is 18.8. The number of anilines is 1. The topological polar surface area (TPSA) is 111 Å². The Hall–Kier alpha value is -3.31. The van der Waals surface area contributed by atoms with E-state index in [1.807, 2.05) is 4.90 Å². The molecule has 1 aliphatic carbocycles. The lowest BCUT2D eigenvalue weighted by molar-refractivity contribution is -0.135. The van der Waals surface area contributed by atoms with Crippen LogP contribution in [0.3, 0.4) is 0 Å². The average Bonchev–Trinajstić information content (AvgIpc) is 3.57. The fourth-order valence-electron chi connectivity index (χ4n) is 4.81. The molecule has 12 heteroatoms. The van der Waals surface area contributed by atoms with Crippen LogP contribution in [0.2, 0.25) is 5.02 Å². The molecule has 3 heterocycles. The van der Waals surface area contributed by atoms with Crippen molar-refractivity contribution in [3.8, 4) is 5.75 Å². The molecule has 1 aromatic carbocycles. The minimum Gasteiger partial charge on any atom is -0.466 e. The number of methoxy groups -OCH3 is 1. The van der Waals surface area contributed by atoms with Gasteiger partial charge in [0.25, 0.3) is 0 Å². The largest absolute Gasteiger partial charge is 0.511 e. The number of aromatic nitrogens is 1. The predicted octanol–water partition coefficient (Wildman–Crippen LogP) is 2.76. The van der Waals surface area contributed by atoms with E-state index in [0.717, 1.165) is 18.9 Å². The van der Waals surface area contributed by atoms with Gasteiger partial charge in [0.05, 0.1) is 53.7 Å². The number of fused-ring (bicyclic) bond motifs is 2. The molecule has 3 aliphatic rings. The Morgan fingerprint density at radius 2 is 2.09 bits per heavy atom. The summed E-state index contributed by atoms with van der Waals surface area (Å²) in [6.45, 7) is 1.75. The van der Waals surface area contributed by atoms with E-state index in [1.54, 1.807) is 15.7 Å². The highest BCUT2D eigenvalue weighted by atomic mass is 35.5. The first-order valence-electron chi connectivity index (χ1n) is 11.1. The summed E-state index contributed by atoms with van der Waals surface area (Å²) >= 11 is 6.76. The lowest BCUT2D eigenvalue weighted by atomic mass is 10.1. The van der Waals surface area contributed by atoms with Gasteiger partial charge in [0.1, 0.15) is 5.82 Å². The van der Waals surface area contributed by atoms with Gasteiger partial charge in [-0.3, -0.25) is 4.79 Å². The van der Waals surface area contributed by atoms with Crippen molar-refractivity contribution in [1.29, 1.82) is 0 Å². The fourth-order valence-corrected chi connectivity index (χ4v) is 5.22. The first kappa shape index (κ1) is 23.4. The molecule has 0 radical (unpaired) electrons. The van der Waals surface area contributed by atoms with Gasteiger partial charge in [0.15, 0.2) is 5.75 Å². The Labute approximate surface area is 204 Å². The first-order valence-corrected chi connectivity index (χ1v) is 11.5. The van der Waals surface area contributed by atoms with E-state index < -0.39 is 29.1 Å². The Morgan fingerprint density at radius 1 is 1.31 bits per heavy atom. The summed E-state index contributed by atoms with van der Waals surface area (Å²) < 4.78 is 32.4. The third kappa shape index (κ3) is 4.30. The summed E-state index contributed by atoms with van der Waals surface area (Å²) in [5.41, 5.74) is -0.259. The highest BCUT2D eigenvalue weighted by Crippen LogP contribution is 2.43. The summed E-state index contributed by atoms with van der Waals surface area (Å²) in [7, 11) is 1.30. The average molecular weight is 508 g/mol. The number of carbonyl (C=O) groups is 2. The van der Waals surface area contributed by atoms with Gasteiger partial charge in [-0.25, -0.2) is 14.0 Å². The molecule has 1 saturated carbocycles. The monoisotopic (exact) mass is 507 g/mol. The van der Waals surface area contributed by atoms with Gasteiger partial charge in [-0.05, 0) is 18.9 Å². The zero-order valence-corrected chi connectivity index (χ0v) is 19.5. The number of carbonyl (C=O) groups excluding carboxylic acids is 1.